The molecule has 0 aliphatic rings. The molecule has 5 nitrogen and oxygen atoms in total. The van der Waals surface area contributed by atoms with Crippen LogP contribution in [0, 0.1) is 0 Å². The molecule has 0 unspecified atom stereocenters. The Kier molecular flexibility index (Phi) is 4.13. The Labute approximate surface area is 135 Å². The fourth-order valence-electron chi connectivity index (χ4n) is 1.95. The molecule has 0 aliphatic heterocycles. The molecular weight excluding hydrogens is 322 g/mol. The number of nitrogens with zero attached hydrogens (tertiary/aromatic N) is 1. The molecule has 2 N–H and O–H groups in total. The van der Waals surface area contributed by atoms with Gasteiger partial charge in [-0.1, -0.05) is 24.3 Å². The van der Waals surface area contributed by atoms with Crippen LogP contribution in [0.4, 0.5) is 5.82 Å². The van der Waals surface area contributed by atoms with E-state index in [1.54, 1.807) is 17.5 Å². The van der Waals surface area contributed by atoms with Gasteiger partial charge in [-0.3, -0.25) is 9.89 Å². The van der Waals surface area contributed by atoms with Gasteiger partial charge < -0.3 is 10.1 Å². The monoisotopic (exact) mass is 333 g/mol. The molecule has 0 saturated carbocycles. The first-order chi connectivity index (χ1) is 10.7. The van der Waals surface area contributed by atoms with Crippen molar-refractivity contribution in [2.45, 2.75) is 0 Å². The molecular formula is C15H12ClN3O2S. The lowest BCUT2D eigenvalue weighted by Gasteiger charge is -2.04. The van der Waals surface area contributed by atoms with Crippen LogP contribution in [0.3, 0.4) is 0 Å². The first-order valence-electron chi connectivity index (χ1n) is 6.45. The lowest BCUT2D eigenvalue weighted by Crippen LogP contribution is -2.11. The Bertz CT molecular complexity index is 840. The molecule has 1 amide bonds. The third kappa shape index (κ3) is 2.84. The molecule has 0 fully saturated rings. The number of nitrogens with one attached hydrogen (secondary N) is 2. The predicted octanol–water partition coefficient (Wildman–Crippen LogP) is 4.09. The maximum atomic E-state index is 12.2. The van der Waals surface area contributed by atoms with Gasteiger partial charge in [-0.15, -0.1) is 11.3 Å². The van der Waals surface area contributed by atoms with Crippen molar-refractivity contribution >= 4 is 45.6 Å². The van der Waals surface area contributed by atoms with Crippen LogP contribution in [-0.4, -0.2) is 22.7 Å². The van der Waals surface area contributed by atoms with Crippen molar-refractivity contribution in [3.05, 3.63) is 52.2 Å². The molecule has 2 heterocycles. The topological polar surface area (TPSA) is 67.0 Å². The first-order valence-corrected chi connectivity index (χ1v) is 7.71. The number of halogens is 1. The van der Waals surface area contributed by atoms with Gasteiger partial charge >= 0.3 is 0 Å². The fraction of sp³-hybridized carbons (Fsp3) is 0.0667. The number of hydrogen-bond acceptors (Lipinski definition) is 4. The third-order valence-corrected chi connectivity index (χ3v) is 4.30. The van der Waals surface area contributed by atoms with Crippen molar-refractivity contribution in [2.75, 3.05) is 11.9 Å². The van der Waals surface area contributed by atoms with Crippen LogP contribution in [0.15, 0.2) is 42.3 Å². The van der Waals surface area contributed by atoms with E-state index < -0.39 is 0 Å². The molecule has 0 saturated heterocycles. The zero-order valence-electron chi connectivity index (χ0n) is 11.4. The minimum atomic E-state index is -0.286. The van der Waals surface area contributed by atoms with E-state index in [0.29, 0.717) is 28.1 Å². The zero-order chi connectivity index (χ0) is 15.5. The van der Waals surface area contributed by atoms with Gasteiger partial charge in [0.05, 0.1) is 10.5 Å². The summed E-state index contributed by atoms with van der Waals surface area (Å²) in [7, 11) is 0. The number of anilines is 1. The molecule has 22 heavy (non-hydrogen) atoms. The second-order valence-corrected chi connectivity index (χ2v) is 5.75. The number of aromatic amines is 1. The van der Waals surface area contributed by atoms with Crippen molar-refractivity contribution in [1.29, 1.82) is 0 Å². The van der Waals surface area contributed by atoms with Gasteiger partial charge in [0, 0.05) is 5.39 Å². The minimum absolute atomic E-state index is 0.286. The molecule has 1 aromatic carbocycles. The molecule has 3 rings (SSSR count). The number of ether oxygens (including phenoxy) is 1. The molecule has 7 heteroatoms. The molecule has 0 bridgehead atoms. The summed E-state index contributed by atoms with van der Waals surface area (Å²) in [6, 6.07) is 7.17. The van der Waals surface area contributed by atoms with E-state index in [4.69, 9.17) is 16.3 Å². The van der Waals surface area contributed by atoms with E-state index in [9.17, 15) is 4.79 Å². The van der Waals surface area contributed by atoms with Crippen LogP contribution in [0.25, 0.3) is 10.9 Å². The van der Waals surface area contributed by atoms with E-state index >= 15 is 0 Å². The highest BCUT2D eigenvalue weighted by Crippen LogP contribution is 2.27. The number of rotatable bonds is 5. The van der Waals surface area contributed by atoms with Crippen molar-refractivity contribution in [1.82, 2.24) is 10.2 Å². The van der Waals surface area contributed by atoms with Crippen LogP contribution in [0.5, 0.6) is 5.75 Å². The van der Waals surface area contributed by atoms with Crippen molar-refractivity contribution in [3.63, 3.8) is 0 Å². The molecule has 3 aromatic rings. The molecule has 112 valence electrons. The van der Waals surface area contributed by atoms with Gasteiger partial charge in [-0.25, -0.2) is 0 Å². The quantitative estimate of drug-likeness (QED) is 0.691. The molecule has 0 radical (unpaired) electrons. The highest BCUT2D eigenvalue weighted by molar-refractivity contribution is 7.12. The summed E-state index contributed by atoms with van der Waals surface area (Å²) in [5.74, 6) is 0.831. The Morgan fingerprint density at radius 2 is 2.36 bits per heavy atom. The number of fused-ring (bicyclic) bond motifs is 1. The molecule has 2 aromatic heterocycles. The SMILES string of the molecule is C=CCOc1ccc2[nH]nc(NC(=O)c3sccc3Cl)c2c1. The zero-order valence-corrected chi connectivity index (χ0v) is 13.0. The number of benzene rings is 1. The predicted molar refractivity (Wildman–Crippen MR) is 89.1 cm³/mol. The summed E-state index contributed by atoms with van der Waals surface area (Å²) in [6.45, 7) is 4.02. The Hall–Kier alpha value is -2.31. The number of hydrogen-bond donors (Lipinski definition) is 2. The smallest absolute Gasteiger partial charge is 0.268 e. The largest absolute Gasteiger partial charge is 0.490 e. The second kappa shape index (κ2) is 6.21. The number of H-pyrrole nitrogens is 1. The van der Waals surface area contributed by atoms with Crippen LogP contribution in [0.1, 0.15) is 9.67 Å². The Morgan fingerprint density at radius 3 is 3.09 bits per heavy atom. The first kappa shape index (κ1) is 14.6. The highest BCUT2D eigenvalue weighted by atomic mass is 35.5. The standard InChI is InChI=1S/C15H12ClN3O2S/c1-2-6-21-9-3-4-12-10(8-9)14(19-18-12)17-15(20)13-11(16)5-7-22-13/h2-5,7-8H,1,6H2,(H2,17,18,19,20). The average Bonchev–Trinajstić information content (AvgIpc) is 3.11. The molecule has 0 spiro atoms. The summed E-state index contributed by atoms with van der Waals surface area (Å²) in [6.07, 6.45) is 1.67. The third-order valence-electron chi connectivity index (χ3n) is 2.96. The van der Waals surface area contributed by atoms with E-state index in [0.717, 1.165) is 10.9 Å². The van der Waals surface area contributed by atoms with E-state index in [1.807, 2.05) is 18.2 Å². The van der Waals surface area contributed by atoms with E-state index in [1.165, 1.54) is 11.3 Å². The van der Waals surface area contributed by atoms with Gasteiger partial charge in [-0.2, -0.15) is 5.10 Å². The van der Waals surface area contributed by atoms with Crippen LogP contribution in [-0.2, 0) is 0 Å². The van der Waals surface area contributed by atoms with Crippen LogP contribution >= 0.6 is 22.9 Å². The van der Waals surface area contributed by atoms with Crippen LogP contribution in [0.2, 0.25) is 5.02 Å². The maximum absolute atomic E-state index is 12.2. The summed E-state index contributed by atoms with van der Waals surface area (Å²) in [5, 5.41) is 12.7. The fourth-order valence-corrected chi connectivity index (χ4v) is 2.99. The molecule has 0 atom stereocenters. The lowest BCUT2D eigenvalue weighted by atomic mass is 10.2. The average molecular weight is 334 g/mol. The van der Waals surface area contributed by atoms with Gasteiger partial charge in [0.15, 0.2) is 5.82 Å². The number of carbonyl (C=O) groups is 1. The van der Waals surface area contributed by atoms with Gasteiger partial charge in [-0.05, 0) is 29.6 Å². The van der Waals surface area contributed by atoms with Crippen molar-refractivity contribution < 1.29 is 9.53 Å². The summed E-state index contributed by atoms with van der Waals surface area (Å²) in [5.41, 5.74) is 0.804. The molecule has 0 aliphatic carbocycles. The van der Waals surface area contributed by atoms with Crippen molar-refractivity contribution in [2.24, 2.45) is 0 Å². The summed E-state index contributed by atoms with van der Waals surface area (Å²) < 4.78 is 5.49. The maximum Gasteiger partial charge on any atom is 0.268 e. The second-order valence-electron chi connectivity index (χ2n) is 4.43. The number of thiophene rings is 1. The number of carbonyl (C=O) groups excluding carboxylic acids is 1. The minimum Gasteiger partial charge on any atom is -0.490 e. The van der Waals surface area contributed by atoms with Crippen LogP contribution < -0.4 is 10.1 Å². The Balaban J connectivity index is 1.88. The summed E-state index contributed by atoms with van der Waals surface area (Å²) in [4.78, 5) is 12.7. The van der Waals surface area contributed by atoms with E-state index in [2.05, 4.69) is 22.1 Å². The number of amides is 1. The van der Waals surface area contributed by atoms with Gasteiger partial charge in [0.2, 0.25) is 0 Å². The number of aromatic nitrogens is 2. The Morgan fingerprint density at radius 1 is 1.50 bits per heavy atom. The van der Waals surface area contributed by atoms with Gasteiger partial charge in [0.25, 0.3) is 5.91 Å². The lowest BCUT2D eigenvalue weighted by molar-refractivity contribution is 0.103. The highest BCUT2D eigenvalue weighted by Gasteiger charge is 2.15. The normalized spacial score (nSPS) is 10.6. The summed E-state index contributed by atoms with van der Waals surface area (Å²) >= 11 is 7.25. The van der Waals surface area contributed by atoms with Gasteiger partial charge in [0.1, 0.15) is 17.2 Å². The van der Waals surface area contributed by atoms with Crippen molar-refractivity contribution in [3.8, 4) is 5.75 Å². The van der Waals surface area contributed by atoms with E-state index in [-0.39, 0.29) is 5.91 Å².